The fraction of sp³-hybridized carbons (Fsp3) is 0.250. The number of hydrogen-bond donors (Lipinski definition) is 0. The van der Waals surface area contributed by atoms with E-state index in [1.165, 1.54) is 0 Å². The molecule has 11 heavy (non-hydrogen) atoms. The maximum Gasteiger partial charge on any atom is 0.129 e. The first kappa shape index (κ1) is 8.56. The SMILES string of the molecule is C=C(Br)COCc1ccco1. The molecule has 0 atom stereocenters. The van der Waals surface area contributed by atoms with Gasteiger partial charge >= 0.3 is 0 Å². The van der Waals surface area contributed by atoms with Crippen molar-refractivity contribution in [3.8, 4) is 0 Å². The highest BCUT2D eigenvalue weighted by atomic mass is 79.9. The molecule has 0 amide bonds. The second-order valence-electron chi connectivity index (χ2n) is 2.09. The van der Waals surface area contributed by atoms with Crippen LogP contribution < -0.4 is 0 Å². The molecule has 1 rings (SSSR count). The van der Waals surface area contributed by atoms with Crippen LogP contribution in [0.5, 0.6) is 0 Å². The largest absolute Gasteiger partial charge is 0.467 e. The summed E-state index contributed by atoms with van der Waals surface area (Å²) in [6.07, 6.45) is 1.63. The highest BCUT2D eigenvalue weighted by Crippen LogP contribution is 2.05. The van der Waals surface area contributed by atoms with Gasteiger partial charge in [-0.25, -0.2) is 0 Å². The zero-order valence-electron chi connectivity index (χ0n) is 6.05. The Kier molecular flexibility index (Phi) is 3.39. The van der Waals surface area contributed by atoms with Crippen LogP contribution in [0, 0.1) is 0 Å². The van der Waals surface area contributed by atoms with Crippen LogP contribution in [-0.2, 0) is 11.3 Å². The Balaban J connectivity index is 2.19. The summed E-state index contributed by atoms with van der Waals surface area (Å²) >= 11 is 3.19. The summed E-state index contributed by atoms with van der Waals surface area (Å²) in [6.45, 7) is 4.65. The topological polar surface area (TPSA) is 22.4 Å². The molecule has 1 aromatic rings. The monoisotopic (exact) mass is 216 g/mol. The van der Waals surface area contributed by atoms with Crippen molar-refractivity contribution in [2.24, 2.45) is 0 Å². The van der Waals surface area contributed by atoms with E-state index in [1.54, 1.807) is 6.26 Å². The molecule has 1 aromatic heterocycles. The summed E-state index contributed by atoms with van der Waals surface area (Å²) < 4.78 is 11.1. The molecule has 1 heterocycles. The highest BCUT2D eigenvalue weighted by Gasteiger charge is 1.94. The maximum absolute atomic E-state index is 5.20. The number of halogens is 1. The first-order chi connectivity index (χ1) is 5.29. The van der Waals surface area contributed by atoms with E-state index in [-0.39, 0.29) is 0 Å². The summed E-state index contributed by atoms with van der Waals surface area (Å²) in [7, 11) is 0. The molecule has 0 aliphatic rings. The van der Waals surface area contributed by atoms with Crippen molar-refractivity contribution in [3.63, 3.8) is 0 Å². The third-order valence-corrected chi connectivity index (χ3v) is 1.31. The molecule has 0 saturated heterocycles. The van der Waals surface area contributed by atoms with Gasteiger partial charge in [-0.05, 0) is 12.1 Å². The Morgan fingerprint density at radius 2 is 2.55 bits per heavy atom. The number of furan rings is 1. The zero-order chi connectivity index (χ0) is 8.10. The molecule has 2 nitrogen and oxygen atoms in total. The quantitative estimate of drug-likeness (QED) is 0.773. The van der Waals surface area contributed by atoms with Crippen molar-refractivity contribution >= 4 is 15.9 Å². The van der Waals surface area contributed by atoms with E-state index in [1.807, 2.05) is 12.1 Å². The molecule has 0 aliphatic heterocycles. The summed E-state index contributed by atoms with van der Waals surface area (Å²) in [6, 6.07) is 3.71. The van der Waals surface area contributed by atoms with E-state index in [2.05, 4.69) is 22.5 Å². The van der Waals surface area contributed by atoms with Crippen LogP contribution in [0.15, 0.2) is 33.9 Å². The average Bonchev–Trinajstić information content (AvgIpc) is 2.39. The Hall–Kier alpha value is -0.540. The Morgan fingerprint density at radius 3 is 3.09 bits per heavy atom. The predicted octanol–water partition coefficient (Wildman–Crippen LogP) is 2.70. The van der Waals surface area contributed by atoms with Crippen molar-refractivity contribution in [1.29, 1.82) is 0 Å². The Bertz CT molecular complexity index is 216. The fourth-order valence-electron chi connectivity index (χ4n) is 0.657. The lowest BCUT2D eigenvalue weighted by atomic mass is 10.5. The van der Waals surface area contributed by atoms with Gasteiger partial charge in [0.05, 0.1) is 12.9 Å². The van der Waals surface area contributed by atoms with Crippen molar-refractivity contribution in [1.82, 2.24) is 0 Å². The first-order valence-electron chi connectivity index (χ1n) is 3.22. The lowest BCUT2D eigenvalue weighted by Crippen LogP contribution is -1.92. The summed E-state index contributed by atoms with van der Waals surface area (Å²) in [5.41, 5.74) is 0. The van der Waals surface area contributed by atoms with Gasteiger partial charge in [-0.2, -0.15) is 0 Å². The normalized spacial score (nSPS) is 9.91. The number of rotatable bonds is 4. The lowest BCUT2D eigenvalue weighted by Gasteiger charge is -1.98. The van der Waals surface area contributed by atoms with E-state index in [0.717, 1.165) is 10.2 Å². The van der Waals surface area contributed by atoms with Gasteiger partial charge < -0.3 is 9.15 Å². The van der Waals surface area contributed by atoms with Gasteiger partial charge in [0.25, 0.3) is 0 Å². The van der Waals surface area contributed by atoms with Gasteiger partial charge in [0, 0.05) is 4.48 Å². The molecule has 60 valence electrons. The van der Waals surface area contributed by atoms with E-state index in [9.17, 15) is 0 Å². The fourth-order valence-corrected chi connectivity index (χ4v) is 0.819. The predicted molar refractivity (Wildman–Crippen MR) is 46.4 cm³/mol. The third-order valence-electron chi connectivity index (χ3n) is 1.08. The average molecular weight is 217 g/mol. The molecule has 0 N–H and O–H groups in total. The zero-order valence-corrected chi connectivity index (χ0v) is 7.63. The molecule has 0 radical (unpaired) electrons. The minimum absolute atomic E-state index is 0.498. The first-order valence-corrected chi connectivity index (χ1v) is 4.02. The Labute approximate surface area is 74.0 Å². The maximum atomic E-state index is 5.20. The van der Waals surface area contributed by atoms with Crippen LogP contribution in [0.25, 0.3) is 0 Å². The molecule has 0 unspecified atom stereocenters. The van der Waals surface area contributed by atoms with Gasteiger partial charge in [-0.15, -0.1) is 0 Å². The molecule has 0 spiro atoms. The van der Waals surface area contributed by atoms with Gasteiger partial charge in [0.1, 0.15) is 12.4 Å². The summed E-state index contributed by atoms with van der Waals surface area (Å²) in [4.78, 5) is 0. The Morgan fingerprint density at radius 1 is 1.73 bits per heavy atom. The lowest BCUT2D eigenvalue weighted by molar-refractivity contribution is 0.130. The smallest absolute Gasteiger partial charge is 0.129 e. The molecule has 0 aromatic carbocycles. The van der Waals surface area contributed by atoms with Crippen LogP contribution >= 0.6 is 15.9 Å². The van der Waals surface area contributed by atoms with Crippen molar-refractivity contribution < 1.29 is 9.15 Å². The van der Waals surface area contributed by atoms with Crippen LogP contribution in [-0.4, -0.2) is 6.61 Å². The second-order valence-corrected chi connectivity index (χ2v) is 3.21. The number of hydrogen-bond acceptors (Lipinski definition) is 2. The van der Waals surface area contributed by atoms with Gasteiger partial charge in [0.15, 0.2) is 0 Å². The van der Waals surface area contributed by atoms with Gasteiger partial charge in [0.2, 0.25) is 0 Å². The van der Waals surface area contributed by atoms with Crippen LogP contribution in [0.1, 0.15) is 5.76 Å². The minimum atomic E-state index is 0.498. The summed E-state index contributed by atoms with van der Waals surface area (Å²) in [5.74, 6) is 0.832. The summed E-state index contributed by atoms with van der Waals surface area (Å²) in [5, 5.41) is 0. The highest BCUT2D eigenvalue weighted by molar-refractivity contribution is 9.11. The van der Waals surface area contributed by atoms with Crippen LogP contribution in [0.2, 0.25) is 0 Å². The van der Waals surface area contributed by atoms with Crippen molar-refractivity contribution in [3.05, 3.63) is 35.2 Å². The van der Waals surface area contributed by atoms with E-state index in [0.29, 0.717) is 13.2 Å². The molecule has 3 heteroatoms. The van der Waals surface area contributed by atoms with E-state index < -0.39 is 0 Å². The molecular weight excluding hydrogens is 208 g/mol. The van der Waals surface area contributed by atoms with Crippen LogP contribution in [0.3, 0.4) is 0 Å². The molecule has 0 aliphatic carbocycles. The number of ether oxygens (including phenoxy) is 1. The molecular formula is C8H9BrO2. The molecule has 0 bridgehead atoms. The molecule has 0 saturated carbocycles. The van der Waals surface area contributed by atoms with Gasteiger partial charge in [-0.1, -0.05) is 22.5 Å². The van der Waals surface area contributed by atoms with Crippen molar-refractivity contribution in [2.45, 2.75) is 6.61 Å². The standard InChI is InChI=1S/C8H9BrO2/c1-7(9)5-10-6-8-3-2-4-11-8/h2-4H,1,5-6H2. The van der Waals surface area contributed by atoms with E-state index in [4.69, 9.17) is 9.15 Å². The molecule has 0 fully saturated rings. The van der Waals surface area contributed by atoms with Crippen LogP contribution in [0.4, 0.5) is 0 Å². The van der Waals surface area contributed by atoms with Gasteiger partial charge in [-0.3, -0.25) is 0 Å². The minimum Gasteiger partial charge on any atom is -0.467 e. The third kappa shape index (κ3) is 3.39. The second kappa shape index (κ2) is 4.36. The van der Waals surface area contributed by atoms with Crippen molar-refractivity contribution in [2.75, 3.05) is 6.61 Å². The van der Waals surface area contributed by atoms with E-state index >= 15 is 0 Å².